The Hall–Kier alpha value is -3.18. The molecule has 1 unspecified atom stereocenters. The number of rotatable bonds is 11. The van der Waals surface area contributed by atoms with E-state index in [-0.39, 0.29) is 5.69 Å². The first-order chi connectivity index (χ1) is 16.6. The number of non-ortho nitro benzene ring substituents is 1. The molecule has 1 aromatic heterocycles. The Balaban J connectivity index is 1.37. The van der Waals surface area contributed by atoms with Gasteiger partial charge in [-0.2, -0.15) is 4.98 Å². The van der Waals surface area contributed by atoms with Crippen molar-refractivity contribution in [2.24, 2.45) is 0 Å². The molecule has 34 heavy (non-hydrogen) atoms. The summed E-state index contributed by atoms with van der Waals surface area (Å²) in [5.74, 6) is 0.876. The largest absolute Gasteiger partial charge is 0.390 e. The van der Waals surface area contributed by atoms with E-state index in [1.807, 2.05) is 18.2 Å². The number of aliphatic hydroxyl groups excluding tert-OH is 1. The number of nitro groups is 1. The molecule has 0 amide bonds. The number of β-amino-alcohol motifs (C(OH)–C–C–N with tert-alkyl or cyclic N) is 1. The van der Waals surface area contributed by atoms with Crippen molar-refractivity contribution in [1.82, 2.24) is 19.9 Å². The fraction of sp³-hybridized carbons (Fsp3) is 0.417. The van der Waals surface area contributed by atoms with E-state index in [1.54, 1.807) is 12.1 Å². The zero-order valence-corrected chi connectivity index (χ0v) is 19.0. The molecule has 0 saturated carbocycles. The van der Waals surface area contributed by atoms with Crippen molar-refractivity contribution in [3.05, 3.63) is 76.2 Å². The molecule has 0 spiro atoms. The molecule has 10 nitrogen and oxygen atoms in total. The molecule has 10 heteroatoms. The zero-order valence-electron chi connectivity index (χ0n) is 19.0. The van der Waals surface area contributed by atoms with Crippen LogP contribution in [0, 0.1) is 10.1 Å². The first kappa shape index (κ1) is 24.0. The Labute approximate surface area is 197 Å². The zero-order chi connectivity index (χ0) is 23.8. The van der Waals surface area contributed by atoms with Crippen LogP contribution in [0.1, 0.15) is 11.5 Å². The van der Waals surface area contributed by atoms with E-state index in [4.69, 9.17) is 9.26 Å². The Bertz CT molecular complexity index is 1040. The fourth-order valence-electron chi connectivity index (χ4n) is 3.97. The van der Waals surface area contributed by atoms with Gasteiger partial charge in [0.25, 0.3) is 5.69 Å². The van der Waals surface area contributed by atoms with Gasteiger partial charge in [0.1, 0.15) is 0 Å². The lowest BCUT2D eigenvalue weighted by atomic mass is 10.2. The molecule has 1 fully saturated rings. The van der Waals surface area contributed by atoms with E-state index in [2.05, 4.69) is 32.1 Å². The lowest BCUT2D eigenvalue weighted by molar-refractivity contribution is -0.384. The summed E-state index contributed by atoms with van der Waals surface area (Å²) in [6.45, 7) is 5.55. The molecule has 0 radical (unpaired) electrons. The number of hydrogen-bond acceptors (Lipinski definition) is 9. The van der Waals surface area contributed by atoms with Crippen LogP contribution < -0.4 is 0 Å². The van der Waals surface area contributed by atoms with Crippen LogP contribution in [0.4, 0.5) is 5.69 Å². The Morgan fingerprint density at radius 2 is 1.85 bits per heavy atom. The summed E-state index contributed by atoms with van der Waals surface area (Å²) >= 11 is 0. The minimum atomic E-state index is -0.486. The number of ether oxygens (including phenoxy) is 1. The van der Waals surface area contributed by atoms with Crippen molar-refractivity contribution in [3.63, 3.8) is 0 Å². The van der Waals surface area contributed by atoms with Gasteiger partial charge in [-0.3, -0.25) is 19.9 Å². The van der Waals surface area contributed by atoms with Gasteiger partial charge in [-0.15, -0.1) is 0 Å². The van der Waals surface area contributed by atoms with Gasteiger partial charge in [0.05, 0.1) is 24.2 Å². The first-order valence-corrected chi connectivity index (χ1v) is 11.4. The SMILES string of the molecule is O=[N+]([O-])c1ccc(-c2noc(CCN(Cc3ccccc3)CC(O)CN3CCOCC3)n2)cc1. The van der Waals surface area contributed by atoms with E-state index < -0.39 is 11.0 Å². The predicted molar refractivity (Wildman–Crippen MR) is 125 cm³/mol. The highest BCUT2D eigenvalue weighted by atomic mass is 16.6. The molecule has 1 atom stereocenters. The summed E-state index contributed by atoms with van der Waals surface area (Å²) < 4.78 is 10.8. The average Bonchev–Trinajstić information content (AvgIpc) is 3.33. The fourth-order valence-corrected chi connectivity index (χ4v) is 3.97. The Morgan fingerprint density at radius 1 is 1.12 bits per heavy atom. The highest BCUT2D eigenvalue weighted by molar-refractivity contribution is 5.56. The number of nitrogens with zero attached hydrogens (tertiary/aromatic N) is 5. The molecule has 2 aromatic carbocycles. The maximum absolute atomic E-state index is 10.8. The lowest BCUT2D eigenvalue weighted by Crippen LogP contribution is -2.44. The average molecular weight is 468 g/mol. The van der Waals surface area contributed by atoms with Crippen LogP contribution in [0.25, 0.3) is 11.4 Å². The number of aromatic nitrogens is 2. The molecule has 1 saturated heterocycles. The number of aliphatic hydroxyl groups is 1. The minimum Gasteiger partial charge on any atom is -0.390 e. The normalized spacial score (nSPS) is 15.5. The smallest absolute Gasteiger partial charge is 0.269 e. The molecule has 0 aliphatic carbocycles. The van der Waals surface area contributed by atoms with E-state index in [0.29, 0.717) is 63.1 Å². The number of morpholine rings is 1. The first-order valence-electron chi connectivity index (χ1n) is 11.4. The van der Waals surface area contributed by atoms with Gasteiger partial charge in [-0.25, -0.2) is 0 Å². The molecule has 4 rings (SSSR count). The lowest BCUT2D eigenvalue weighted by Gasteiger charge is -2.31. The maximum atomic E-state index is 10.8. The minimum absolute atomic E-state index is 0.0136. The summed E-state index contributed by atoms with van der Waals surface area (Å²) in [6.07, 6.45) is 0.0389. The van der Waals surface area contributed by atoms with Crippen LogP contribution in [0.3, 0.4) is 0 Å². The van der Waals surface area contributed by atoms with E-state index in [9.17, 15) is 15.2 Å². The van der Waals surface area contributed by atoms with E-state index >= 15 is 0 Å². The van der Waals surface area contributed by atoms with Crippen molar-refractivity contribution in [2.75, 3.05) is 45.9 Å². The van der Waals surface area contributed by atoms with Gasteiger partial charge in [0.15, 0.2) is 0 Å². The summed E-state index contributed by atoms with van der Waals surface area (Å²) in [7, 11) is 0. The van der Waals surface area contributed by atoms with Crippen molar-refractivity contribution in [1.29, 1.82) is 0 Å². The Kier molecular flexibility index (Phi) is 8.31. The van der Waals surface area contributed by atoms with Crippen molar-refractivity contribution in [2.45, 2.75) is 19.1 Å². The monoisotopic (exact) mass is 467 g/mol. The Morgan fingerprint density at radius 3 is 2.56 bits per heavy atom. The van der Waals surface area contributed by atoms with Crippen LogP contribution >= 0.6 is 0 Å². The van der Waals surface area contributed by atoms with Crippen molar-refractivity contribution in [3.8, 4) is 11.4 Å². The predicted octanol–water partition coefficient (Wildman–Crippen LogP) is 2.38. The van der Waals surface area contributed by atoms with Crippen LogP contribution in [0.2, 0.25) is 0 Å². The van der Waals surface area contributed by atoms with Gasteiger partial charge in [-0.05, 0) is 17.7 Å². The van der Waals surface area contributed by atoms with Crippen molar-refractivity contribution >= 4 is 5.69 Å². The van der Waals surface area contributed by atoms with Crippen molar-refractivity contribution < 1.29 is 19.3 Å². The molecule has 1 N–H and O–H groups in total. The number of nitro benzene ring substituents is 1. The molecule has 1 aliphatic heterocycles. The summed E-state index contributed by atoms with van der Waals surface area (Å²) in [4.78, 5) is 19.3. The summed E-state index contributed by atoms with van der Waals surface area (Å²) in [5.41, 5.74) is 1.83. The highest BCUT2D eigenvalue weighted by Crippen LogP contribution is 2.20. The van der Waals surface area contributed by atoms with Crippen LogP contribution in [-0.2, 0) is 17.7 Å². The molecule has 0 bridgehead atoms. The molecule has 180 valence electrons. The standard InChI is InChI=1S/C24H29N5O5/c30-22(17-27-12-14-33-15-13-27)18-28(16-19-4-2-1-3-5-19)11-10-23-25-24(26-34-23)20-6-8-21(9-7-20)29(31)32/h1-9,22,30H,10-18H2. The van der Waals surface area contributed by atoms with Gasteiger partial charge in [-0.1, -0.05) is 35.5 Å². The van der Waals surface area contributed by atoms with E-state index in [1.165, 1.54) is 12.1 Å². The third-order valence-electron chi connectivity index (χ3n) is 5.74. The molecule has 3 aromatic rings. The highest BCUT2D eigenvalue weighted by Gasteiger charge is 2.19. The van der Waals surface area contributed by atoms with Crippen LogP contribution in [-0.4, -0.2) is 82.0 Å². The second kappa shape index (κ2) is 11.8. The topological polar surface area (TPSA) is 118 Å². The van der Waals surface area contributed by atoms with E-state index in [0.717, 1.165) is 18.7 Å². The third kappa shape index (κ3) is 6.91. The third-order valence-corrected chi connectivity index (χ3v) is 5.74. The second-order valence-electron chi connectivity index (χ2n) is 8.35. The van der Waals surface area contributed by atoms with Crippen LogP contribution in [0.5, 0.6) is 0 Å². The van der Waals surface area contributed by atoms with Gasteiger partial charge >= 0.3 is 0 Å². The van der Waals surface area contributed by atoms with Gasteiger partial charge in [0, 0.05) is 63.4 Å². The molecule has 1 aliphatic rings. The summed E-state index contributed by atoms with van der Waals surface area (Å²) in [5, 5.41) is 25.6. The molecular weight excluding hydrogens is 438 g/mol. The van der Waals surface area contributed by atoms with Gasteiger partial charge < -0.3 is 14.4 Å². The number of hydrogen-bond donors (Lipinski definition) is 1. The van der Waals surface area contributed by atoms with Gasteiger partial charge in [0.2, 0.25) is 11.7 Å². The second-order valence-corrected chi connectivity index (χ2v) is 8.35. The number of benzene rings is 2. The maximum Gasteiger partial charge on any atom is 0.269 e. The quantitative estimate of drug-likeness (QED) is 0.335. The molecule has 2 heterocycles. The van der Waals surface area contributed by atoms with Crippen LogP contribution in [0.15, 0.2) is 59.1 Å². The molecular formula is C24H29N5O5. The summed E-state index contributed by atoms with van der Waals surface area (Å²) in [6, 6.07) is 16.2.